The van der Waals surface area contributed by atoms with Gasteiger partial charge in [0, 0.05) is 0 Å². The molecular formula is C33H36O8S2. The Morgan fingerprint density at radius 1 is 0.698 bits per heavy atom. The van der Waals surface area contributed by atoms with Gasteiger partial charge >= 0.3 is 5.97 Å². The number of hydrogen-bond donors (Lipinski definition) is 0. The van der Waals surface area contributed by atoms with Crippen LogP contribution in [0.15, 0.2) is 117 Å². The van der Waals surface area contributed by atoms with Crippen LogP contribution in [0.2, 0.25) is 0 Å². The van der Waals surface area contributed by atoms with Gasteiger partial charge in [0.1, 0.15) is 33.0 Å². The third kappa shape index (κ3) is 10.7. The van der Waals surface area contributed by atoms with Crippen LogP contribution >= 0.6 is 0 Å². The second-order valence-corrected chi connectivity index (χ2v) is 13.7. The quantitative estimate of drug-likeness (QED) is 0.119. The second-order valence-electron chi connectivity index (χ2n) is 10.3. The van der Waals surface area contributed by atoms with Crippen LogP contribution in [0, 0.1) is 6.92 Å². The van der Waals surface area contributed by atoms with Gasteiger partial charge in [0.05, 0.1) is 30.0 Å². The predicted octanol–water partition coefficient (Wildman–Crippen LogP) is 6.42. The maximum atomic E-state index is 11.9. The van der Waals surface area contributed by atoms with Crippen molar-refractivity contribution >= 4 is 27.0 Å². The zero-order valence-corrected chi connectivity index (χ0v) is 26.7. The fourth-order valence-corrected chi connectivity index (χ4v) is 6.23. The number of benzene rings is 4. The zero-order chi connectivity index (χ0) is 31.6. The maximum absolute atomic E-state index is 11.9. The average molecular weight is 625 g/mol. The minimum absolute atomic E-state index is 0.126. The molecular weight excluding hydrogens is 588 g/mol. The number of carbonyl (C=O) groups excluding carboxylic acids is 1. The normalized spacial score (nSPS) is 11.3. The summed E-state index contributed by atoms with van der Waals surface area (Å²) in [5.41, 5.74) is 0.396. The van der Waals surface area contributed by atoms with Crippen LogP contribution in [0.1, 0.15) is 26.3 Å². The van der Waals surface area contributed by atoms with Crippen molar-refractivity contribution in [3.05, 3.63) is 103 Å². The summed E-state index contributed by atoms with van der Waals surface area (Å²) in [7, 11) is -1.28. The van der Waals surface area contributed by atoms with Gasteiger partial charge in [-0.1, -0.05) is 17.7 Å². The fourth-order valence-electron chi connectivity index (χ4n) is 3.72. The molecule has 0 unspecified atom stereocenters. The van der Waals surface area contributed by atoms with Crippen LogP contribution in [-0.2, 0) is 30.5 Å². The van der Waals surface area contributed by atoms with E-state index < -0.39 is 21.7 Å². The lowest BCUT2D eigenvalue weighted by atomic mass is 10.2. The van der Waals surface area contributed by atoms with E-state index in [9.17, 15) is 17.8 Å². The minimum Gasteiger partial charge on any atom is -0.744 e. The number of carbonyl (C=O) groups is 1. The van der Waals surface area contributed by atoms with Crippen molar-refractivity contribution in [2.45, 2.75) is 52.9 Å². The van der Waals surface area contributed by atoms with E-state index in [0.717, 1.165) is 22.0 Å². The molecule has 0 fully saturated rings. The first-order valence-electron chi connectivity index (χ1n) is 13.3. The predicted molar refractivity (Wildman–Crippen MR) is 165 cm³/mol. The molecule has 0 saturated carbocycles. The highest BCUT2D eigenvalue weighted by Gasteiger charge is 2.29. The Bertz CT molecular complexity index is 1510. The molecule has 0 radical (unpaired) electrons. The van der Waals surface area contributed by atoms with Gasteiger partial charge in [-0.3, -0.25) is 0 Å². The van der Waals surface area contributed by atoms with Gasteiger partial charge in [-0.2, -0.15) is 0 Å². The molecule has 0 aliphatic heterocycles. The van der Waals surface area contributed by atoms with Crippen LogP contribution in [0.5, 0.6) is 17.2 Å². The molecule has 8 nitrogen and oxygen atoms in total. The van der Waals surface area contributed by atoms with E-state index in [1.807, 2.05) is 76.2 Å². The van der Waals surface area contributed by atoms with Crippen molar-refractivity contribution in [3.63, 3.8) is 0 Å². The first kappa shape index (κ1) is 33.5. The lowest BCUT2D eigenvalue weighted by Gasteiger charge is -2.19. The molecule has 0 atom stereocenters. The summed E-state index contributed by atoms with van der Waals surface area (Å²) >= 11 is 0. The summed E-state index contributed by atoms with van der Waals surface area (Å²) in [6.45, 7) is 7.19. The van der Waals surface area contributed by atoms with Crippen LogP contribution in [0.3, 0.4) is 0 Å². The molecule has 43 heavy (non-hydrogen) atoms. The molecule has 0 aliphatic rings. The third-order valence-corrected chi connectivity index (χ3v) is 8.82. The van der Waals surface area contributed by atoms with E-state index in [1.165, 1.54) is 21.9 Å². The topological polar surface area (TPSA) is 111 Å². The lowest BCUT2D eigenvalue weighted by Crippen LogP contribution is -2.27. The second kappa shape index (κ2) is 15.0. The van der Waals surface area contributed by atoms with E-state index in [1.54, 1.807) is 26.4 Å². The standard InChI is InChI=1S/C26H29O5S.C7H8O3S/c1-26(2,3)31-25(27)18-30-21-10-16-24(17-11-21)32(22-12-6-19(28-4)7-13-22)23-14-8-20(29-5)9-15-23;1-6-2-4-7(5-3-6)11(8,9)10/h6-17H,18H2,1-5H3;2-5H,1H3,(H,8,9,10)/q+1;/p-1. The third-order valence-electron chi connectivity index (χ3n) is 5.74. The fraction of sp³-hybridized carbons (Fsp3) is 0.242. The molecule has 4 aromatic rings. The average Bonchev–Trinajstić information content (AvgIpc) is 2.97. The van der Waals surface area contributed by atoms with Crippen molar-refractivity contribution in [1.29, 1.82) is 0 Å². The summed E-state index contributed by atoms with van der Waals surface area (Å²) in [4.78, 5) is 15.2. The van der Waals surface area contributed by atoms with E-state index in [2.05, 4.69) is 24.3 Å². The van der Waals surface area contributed by atoms with E-state index in [-0.39, 0.29) is 22.4 Å². The van der Waals surface area contributed by atoms with Gasteiger partial charge in [-0.25, -0.2) is 13.2 Å². The molecule has 0 aromatic heterocycles. The Balaban J connectivity index is 0.000000386. The molecule has 0 bridgehead atoms. The first-order chi connectivity index (χ1) is 20.3. The van der Waals surface area contributed by atoms with Gasteiger partial charge in [-0.05, 0) is 113 Å². The SMILES string of the molecule is COc1ccc([S+](c2ccc(OC)cc2)c2ccc(OCC(=O)OC(C)(C)C)cc2)cc1.Cc1ccc(S(=O)(=O)[O-])cc1. The van der Waals surface area contributed by atoms with Crippen LogP contribution < -0.4 is 14.2 Å². The van der Waals surface area contributed by atoms with Crippen LogP contribution in [0.4, 0.5) is 0 Å². The summed E-state index contributed by atoms with van der Waals surface area (Å²) in [5, 5.41) is 0. The first-order valence-corrected chi connectivity index (χ1v) is 15.9. The van der Waals surface area contributed by atoms with E-state index in [4.69, 9.17) is 18.9 Å². The molecule has 0 aliphatic carbocycles. The molecule has 4 rings (SSSR count). The Morgan fingerprint density at radius 2 is 1.09 bits per heavy atom. The van der Waals surface area contributed by atoms with Crippen molar-refractivity contribution in [2.75, 3.05) is 20.8 Å². The highest BCUT2D eigenvalue weighted by Crippen LogP contribution is 2.34. The number of methoxy groups -OCH3 is 2. The Morgan fingerprint density at radius 3 is 1.44 bits per heavy atom. The van der Waals surface area contributed by atoms with Crippen molar-refractivity contribution in [1.82, 2.24) is 0 Å². The molecule has 0 spiro atoms. The Labute approximate surface area is 256 Å². The molecule has 0 N–H and O–H groups in total. The highest BCUT2D eigenvalue weighted by atomic mass is 32.2. The van der Waals surface area contributed by atoms with Crippen molar-refractivity contribution < 1.29 is 36.7 Å². The summed E-state index contributed by atoms with van der Waals surface area (Å²) < 4.78 is 52.7. The monoisotopic (exact) mass is 624 g/mol. The smallest absolute Gasteiger partial charge is 0.344 e. The molecule has 228 valence electrons. The van der Waals surface area contributed by atoms with E-state index >= 15 is 0 Å². The summed E-state index contributed by atoms with van der Waals surface area (Å²) in [6, 6.07) is 29.8. The van der Waals surface area contributed by atoms with Crippen molar-refractivity contribution in [2.24, 2.45) is 0 Å². The number of ether oxygens (including phenoxy) is 4. The van der Waals surface area contributed by atoms with Gasteiger partial charge in [0.2, 0.25) is 0 Å². The highest BCUT2D eigenvalue weighted by molar-refractivity contribution is 7.97. The van der Waals surface area contributed by atoms with E-state index in [0.29, 0.717) is 5.75 Å². The summed E-state index contributed by atoms with van der Waals surface area (Å²) in [6.07, 6.45) is 0. The number of esters is 1. The molecule has 0 saturated heterocycles. The molecule has 0 amide bonds. The lowest BCUT2D eigenvalue weighted by molar-refractivity contribution is -0.157. The van der Waals surface area contributed by atoms with Gasteiger partial charge in [0.25, 0.3) is 0 Å². The van der Waals surface area contributed by atoms with Crippen molar-refractivity contribution in [3.8, 4) is 17.2 Å². The molecule has 10 heteroatoms. The molecule has 4 aromatic carbocycles. The van der Waals surface area contributed by atoms with Gasteiger partial charge in [0.15, 0.2) is 21.3 Å². The minimum atomic E-state index is -4.27. The number of rotatable bonds is 9. The van der Waals surface area contributed by atoms with Gasteiger partial charge in [-0.15, -0.1) is 0 Å². The van der Waals surface area contributed by atoms with Crippen LogP contribution in [-0.4, -0.2) is 45.4 Å². The van der Waals surface area contributed by atoms with Gasteiger partial charge < -0.3 is 23.5 Å². The largest absolute Gasteiger partial charge is 0.744 e. The van der Waals surface area contributed by atoms with Crippen LogP contribution in [0.25, 0.3) is 0 Å². The summed E-state index contributed by atoms with van der Waals surface area (Å²) in [5.74, 6) is 1.86. The number of aryl methyl sites for hydroxylation is 1. The Kier molecular flexibility index (Phi) is 11.7. The number of hydrogen-bond acceptors (Lipinski definition) is 8. The zero-order valence-electron chi connectivity index (χ0n) is 25.0. The maximum Gasteiger partial charge on any atom is 0.344 e. The Hall–Kier alpha value is -3.99. The molecule has 0 heterocycles.